The van der Waals surface area contributed by atoms with Gasteiger partial charge in [0.05, 0.1) is 0 Å². The number of anilines is 1. The molecule has 1 fully saturated rings. The van der Waals surface area contributed by atoms with Gasteiger partial charge in [-0.2, -0.15) is 0 Å². The molecule has 1 heterocycles. The van der Waals surface area contributed by atoms with Gasteiger partial charge in [0.25, 0.3) is 5.91 Å². The summed E-state index contributed by atoms with van der Waals surface area (Å²) in [6.07, 6.45) is 2.81. The molecule has 0 radical (unpaired) electrons. The van der Waals surface area contributed by atoms with Gasteiger partial charge in [0, 0.05) is 17.7 Å². The van der Waals surface area contributed by atoms with Crippen molar-refractivity contribution < 1.29 is 14.1 Å². The van der Waals surface area contributed by atoms with Crippen molar-refractivity contribution in [1.29, 1.82) is 0 Å². The Labute approximate surface area is 140 Å². The van der Waals surface area contributed by atoms with E-state index in [9.17, 15) is 9.59 Å². The second-order valence-corrected chi connectivity index (χ2v) is 6.09. The number of nitrogens with one attached hydrogen (secondary N) is 1. The van der Waals surface area contributed by atoms with Crippen LogP contribution in [0.4, 0.5) is 5.82 Å². The van der Waals surface area contributed by atoms with E-state index in [1.165, 1.54) is 5.56 Å². The molecule has 1 aromatic carbocycles. The van der Waals surface area contributed by atoms with Gasteiger partial charge >= 0.3 is 0 Å². The number of hydrogen-bond acceptors (Lipinski definition) is 4. The fourth-order valence-electron chi connectivity index (χ4n) is 2.56. The number of benzene rings is 1. The minimum absolute atomic E-state index is 0.0188. The number of carbonyl (C=O) groups is 2. The molecule has 6 nitrogen and oxygen atoms in total. The predicted molar refractivity (Wildman–Crippen MR) is 89.7 cm³/mol. The number of rotatable bonds is 6. The van der Waals surface area contributed by atoms with E-state index < -0.39 is 0 Å². The summed E-state index contributed by atoms with van der Waals surface area (Å²) in [6.45, 7) is 3.84. The molecule has 0 bridgehead atoms. The van der Waals surface area contributed by atoms with E-state index in [4.69, 9.17) is 4.52 Å². The molecule has 0 saturated heterocycles. The fraction of sp³-hybridized carbons (Fsp3) is 0.389. The van der Waals surface area contributed by atoms with Crippen LogP contribution in [0.1, 0.15) is 41.4 Å². The number of carbonyl (C=O) groups excluding carboxylic acids is 2. The van der Waals surface area contributed by atoms with Crippen LogP contribution in [-0.2, 0) is 11.2 Å². The maximum Gasteiger partial charge on any atom is 0.254 e. The number of amides is 2. The molecule has 0 spiro atoms. The topological polar surface area (TPSA) is 75.4 Å². The Morgan fingerprint density at radius 1 is 1.29 bits per heavy atom. The second-order valence-electron chi connectivity index (χ2n) is 6.09. The van der Waals surface area contributed by atoms with Crippen LogP contribution in [0.25, 0.3) is 0 Å². The summed E-state index contributed by atoms with van der Waals surface area (Å²) in [6, 6.07) is 9.36. The van der Waals surface area contributed by atoms with Crippen LogP contribution in [0.5, 0.6) is 0 Å². The molecule has 1 N–H and O–H groups in total. The van der Waals surface area contributed by atoms with Crippen LogP contribution in [0.3, 0.4) is 0 Å². The standard InChI is InChI=1S/C18H21N3O3/c1-3-13-4-6-14(7-5-13)18(23)21(15-8-9-15)11-17(22)19-16-10-12(2)24-20-16/h4-7,10,15H,3,8-9,11H2,1-2H3,(H,19,20,22). The summed E-state index contributed by atoms with van der Waals surface area (Å²) < 4.78 is 4.92. The molecule has 126 valence electrons. The molecular weight excluding hydrogens is 306 g/mol. The number of hydrogen-bond donors (Lipinski definition) is 1. The van der Waals surface area contributed by atoms with Gasteiger partial charge in [-0.25, -0.2) is 0 Å². The lowest BCUT2D eigenvalue weighted by Gasteiger charge is -2.21. The van der Waals surface area contributed by atoms with Gasteiger partial charge in [0.2, 0.25) is 5.91 Å². The van der Waals surface area contributed by atoms with Crippen molar-refractivity contribution in [2.24, 2.45) is 0 Å². The van der Waals surface area contributed by atoms with E-state index in [1.807, 2.05) is 24.3 Å². The third-order valence-corrected chi connectivity index (χ3v) is 4.07. The zero-order valence-electron chi connectivity index (χ0n) is 13.9. The first-order chi connectivity index (χ1) is 11.6. The molecule has 0 aliphatic heterocycles. The van der Waals surface area contributed by atoms with E-state index in [0.29, 0.717) is 17.1 Å². The Hall–Kier alpha value is -2.63. The summed E-state index contributed by atoms with van der Waals surface area (Å²) >= 11 is 0. The Bertz CT molecular complexity index is 732. The highest BCUT2D eigenvalue weighted by Crippen LogP contribution is 2.28. The maximum absolute atomic E-state index is 12.7. The molecule has 1 saturated carbocycles. The van der Waals surface area contributed by atoms with E-state index in [1.54, 1.807) is 17.9 Å². The third-order valence-electron chi connectivity index (χ3n) is 4.07. The first kappa shape index (κ1) is 16.2. The van der Waals surface area contributed by atoms with E-state index >= 15 is 0 Å². The van der Waals surface area contributed by atoms with Gasteiger partial charge in [-0.05, 0) is 43.9 Å². The van der Waals surface area contributed by atoms with Crippen LogP contribution < -0.4 is 5.32 Å². The maximum atomic E-state index is 12.7. The smallest absolute Gasteiger partial charge is 0.254 e. The largest absolute Gasteiger partial charge is 0.360 e. The molecule has 2 amide bonds. The zero-order valence-corrected chi connectivity index (χ0v) is 13.9. The predicted octanol–water partition coefficient (Wildman–Crippen LogP) is 2.79. The van der Waals surface area contributed by atoms with Crippen LogP contribution >= 0.6 is 0 Å². The summed E-state index contributed by atoms with van der Waals surface area (Å²) in [5.41, 5.74) is 1.80. The van der Waals surface area contributed by atoms with Crippen LogP contribution in [0, 0.1) is 6.92 Å². The van der Waals surface area contributed by atoms with Crippen LogP contribution in [-0.4, -0.2) is 34.5 Å². The summed E-state index contributed by atoms with van der Waals surface area (Å²) in [7, 11) is 0. The van der Waals surface area contributed by atoms with Crippen molar-refractivity contribution in [2.45, 2.75) is 39.2 Å². The summed E-state index contributed by atoms with van der Waals surface area (Å²) in [5, 5.41) is 6.40. The van der Waals surface area contributed by atoms with Gasteiger partial charge in [0.1, 0.15) is 12.3 Å². The van der Waals surface area contributed by atoms with Gasteiger partial charge in [-0.1, -0.05) is 24.2 Å². The molecule has 24 heavy (non-hydrogen) atoms. The van der Waals surface area contributed by atoms with E-state index in [0.717, 1.165) is 19.3 Å². The highest BCUT2D eigenvalue weighted by molar-refractivity contribution is 5.99. The van der Waals surface area contributed by atoms with Gasteiger partial charge < -0.3 is 14.7 Å². The molecule has 1 aliphatic carbocycles. The average molecular weight is 327 g/mol. The molecule has 0 atom stereocenters. The molecule has 6 heteroatoms. The van der Waals surface area contributed by atoms with Crippen molar-refractivity contribution in [3.05, 3.63) is 47.2 Å². The molecule has 1 aliphatic rings. The lowest BCUT2D eigenvalue weighted by atomic mass is 10.1. The first-order valence-electron chi connectivity index (χ1n) is 8.20. The highest BCUT2D eigenvalue weighted by atomic mass is 16.5. The highest BCUT2D eigenvalue weighted by Gasteiger charge is 2.34. The lowest BCUT2D eigenvalue weighted by Crippen LogP contribution is -2.39. The van der Waals surface area contributed by atoms with Crippen molar-refractivity contribution in [3.8, 4) is 0 Å². The monoisotopic (exact) mass is 327 g/mol. The van der Waals surface area contributed by atoms with Crippen molar-refractivity contribution in [1.82, 2.24) is 10.1 Å². The van der Waals surface area contributed by atoms with Gasteiger partial charge in [-0.15, -0.1) is 0 Å². The van der Waals surface area contributed by atoms with Crippen LogP contribution in [0.2, 0.25) is 0 Å². The lowest BCUT2D eigenvalue weighted by molar-refractivity contribution is -0.117. The van der Waals surface area contributed by atoms with Crippen molar-refractivity contribution in [3.63, 3.8) is 0 Å². The average Bonchev–Trinajstić information content (AvgIpc) is 3.35. The first-order valence-corrected chi connectivity index (χ1v) is 8.20. The number of aryl methyl sites for hydroxylation is 2. The van der Waals surface area contributed by atoms with Crippen LogP contribution in [0.15, 0.2) is 34.9 Å². The quantitative estimate of drug-likeness (QED) is 0.885. The van der Waals surface area contributed by atoms with Crippen molar-refractivity contribution >= 4 is 17.6 Å². The molecular formula is C18H21N3O3. The van der Waals surface area contributed by atoms with Crippen molar-refractivity contribution in [2.75, 3.05) is 11.9 Å². The van der Waals surface area contributed by atoms with Gasteiger partial charge in [0.15, 0.2) is 5.82 Å². The number of nitrogens with zero attached hydrogens (tertiary/aromatic N) is 2. The Morgan fingerprint density at radius 2 is 2.00 bits per heavy atom. The Kier molecular flexibility index (Phi) is 4.64. The SMILES string of the molecule is CCc1ccc(C(=O)N(CC(=O)Nc2cc(C)on2)C2CC2)cc1. The minimum atomic E-state index is -0.270. The molecule has 2 aromatic rings. The second kappa shape index (κ2) is 6.86. The Morgan fingerprint density at radius 3 is 2.54 bits per heavy atom. The normalized spacial score (nSPS) is 13.6. The van der Waals surface area contributed by atoms with Gasteiger partial charge in [-0.3, -0.25) is 9.59 Å². The van der Waals surface area contributed by atoms with E-state index in [-0.39, 0.29) is 24.4 Å². The summed E-state index contributed by atoms with van der Waals surface area (Å²) in [5.74, 6) is 0.616. The van der Waals surface area contributed by atoms with E-state index in [2.05, 4.69) is 17.4 Å². The zero-order chi connectivity index (χ0) is 17.1. The third kappa shape index (κ3) is 3.82. The molecule has 1 aromatic heterocycles. The molecule has 3 rings (SSSR count). The fourth-order valence-corrected chi connectivity index (χ4v) is 2.56. The summed E-state index contributed by atoms with van der Waals surface area (Å²) in [4.78, 5) is 26.6. The minimum Gasteiger partial charge on any atom is -0.360 e. The Balaban J connectivity index is 1.67. The number of aromatic nitrogens is 1. The molecule has 0 unspecified atom stereocenters.